The van der Waals surface area contributed by atoms with Crippen LogP contribution in [0.3, 0.4) is 0 Å². The summed E-state index contributed by atoms with van der Waals surface area (Å²) in [4.78, 5) is 12.7. The van der Waals surface area contributed by atoms with Gasteiger partial charge in [-0.15, -0.1) is 11.3 Å². The zero-order valence-electron chi connectivity index (χ0n) is 8.42. The van der Waals surface area contributed by atoms with Crippen LogP contribution in [0.15, 0.2) is 30.9 Å². The number of ketones is 1. The summed E-state index contributed by atoms with van der Waals surface area (Å²) in [7, 11) is 0. The van der Waals surface area contributed by atoms with Crippen LogP contribution in [-0.4, -0.2) is 5.78 Å². The van der Waals surface area contributed by atoms with Crippen molar-refractivity contribution in [3.05, 3.63) is 42.9 Å². The summed E-state index contributed by atoms with van der Waals surface area (Å²) in [5.41, 5.74) is 0. The van der Waals surface area contributed by atoms with Gasteiger partial charge in [-0.1, -0.05) is 6.92 Å². The number of hydrogen-bond acceptors (Lipinski definition) is 3. The van der Waals surface area contributed by atoms with E-state index in [-0.39, 0.29) is 5.78 Å². The number of aryl methyl sites for hydroxylation is 1. The number of rotatable bonds is 3. The van der Waals surface area contributed by atoms with Crippen LogP contribution in [0.5, 0.6) is 0 Å². The van der Waals surface area contributed by atoms with Gasteiger partial charge in [0.05, 0.1) is 9.35 Å². The lowest BCUT2D eigenvalue weighted by molar-refractivity contribution is 0.101. The lowest BCUT2D eigenvalue weighted by Gasteiger charge is -1.95. The molecule has 0 saturated carbocycles. The molecule has 5 heteroatoms. The van der Waals surface area contributed by atoms with Gasteiger partial charge in [-0.05, 0) is 44.0 Å². The molecule has 2 aromatic rings. The lowest BCUT2D eigenvalue weighted by Crippen LogP contribution is -1.97. The summed E-state index contributed by atoms with van der Waals surface area (Å²) in [6.07, 6.45) is 0.794. The van der Waals surface area contributed by atoms with E-state index in [4.69, 9.17) is 4.42 Å². The normalized spacial score (nSPS) is 10.7. The molecular formula is C11H8Br2O2S. The predicted molar refractivity (Wildman–Crippen MR) is 71.2 cm³/mol. The van der Waals surface area contributed by atoms with Crippen molar-refractivity contribution in [2.45, 2.75) is 13.3 Å². The number of halogens is 2. The highest BCUT2D eigenvalue weighted by Crippen LogP contribution is 2.34. The van der Waals surface area contributed by atoms with E-state index in [1.54, 1.807) is 6.07 Å². The molecule has 0 N–H and O–H groups in total. The van der Waals surface area contributed by atoms with Crippen molar-refractivity contribution in [3.63, 3.8) is 0 Å². The van der Waals surface area contributed by atoms with E-state index in [9.17, 15) is 4.79 Å². The Balaban J connectivity index is 2.35. The number of hydrogen-bond donors (Lipinski definition) is 0. The van der Waals surface area contributed by atoms with E-state index in [1.165, 1.54) is 11.3 Å². The van der Waals surface area contributed by atoms with E-state index in [1.807, 2.05) is 18.4 Å². The van der Waals surface area contributed by atoms with Crippen molar-refractivity contribution in [1.82, 2.24) is 0 Å². The molecule has 84 valence electrons. The van der Waals surface area contributed by atoms with E-state index in [2.05, 4.69) is 31.9 Å². The molecule has 0 aliphatic carbocycles. The summed E-state index contributed by atoms with van der Waals surface area (Å²) >= 11 is 8.12. The van der Waals surface area contributed by atoms with E-state index in [0.29, 0.717) is 10.6 Å². The summed E-state index contributed by atoms with van der Waals surface area (Å²) in [6, 6.07) is 3.56. The molecular weight excluding hydrogens is 356 g/mol. The molecule has 0 fully saturated rings. The minimum Gasteiger partial charge on any atom is -0.458 e. The second-order valence-corrected chi connectivity index (χ2v) is 5.70. The van der Waals surface area contributed by atoms with E-state index in [0.717, 1.165) is 21.1 Å². The van der Waals surface area contributed by atoms with Gasteiger partial charge in [-0.2, -0.15) is 0 Å². The predicted octanol–water partition coefficient (Wildman–Crippen LogP) is 4.66. The van der Waals surface area contributed by atoms with Crippen molar-refractivity contribution in [2.75, 3.05) is 0 Å². The monoisotopic (exact) mass is 362 g/mol. The summed E-state index contributed by atoms with van der Waals surface area (Å²) in [5.74, 6) is 1.14. The van der Waals surface area contributed by atoms with Crippen LogP contribution in [-0.2, 0) is 6.42 Å². The molecule has 2 rings (SSSR count). The van der Waals surface area contributed by atoms with Gasteiger partial charge >= 0.3 is 0 Å². The third kappa shape index (κ3) is 2.17. The third-order valence-electron chi connectivity index (χ3n) is 2.13. The number of furan rings is 1. The second-order valence-electron chi connectivity index (χ2n) is 3.18. The Hall–Kier alpha value is -0.390. The zero-order valence-corrected chi connectivity index (χ0v) is 12.4. The number of thiophene rings is 1. The largest absolute Gasteiger partial charge is 0.458 e. The maximum Gasteiger partial charge on any atom is 0.239 e. The highest BCUT2D eigenvalue weighted by molar-refractivity contribution is 9.13. The molecule has 0 aliphatic rings. The van der Waals surface area contributed by atoms with Gasteiger partial charge < -0.3 is 4.42 Å². The first-order valence-corrected chi connectivity index (χ1v) is 7.16. The van der Waals surface area contributed by atoms with Crippen molar-refractivity contribution in [2.24, 2.45) is 0 Å². The summed E-state index contributed by atoms with van der Waals surface area (Å²) in [5, 5.41) is 1.88. The van der Waals surface area contributed by atoms with Gasteiger partial charge in [-0.3, -0.25) is 4.79 Å². The fourth-order valence-corrected chi connectivity index (χ4v) is 3.37. The Morgan fingerprint density at radius 1 is 1.44 bits per heavy atom. The molecule has 2 heterocycles. The van der Waals surface area contributed by atoms with Crippen LogP contribution in [0.25, 0.3) is 0 Å². The van der Waals surface area contributed by atoms with Crippen molar-refractivity contribution < 1.29 is 9.21 Å². The van der Waals surface area contributed by atoms with Crippen LogP contribution >= 0.6 is 43.2 Å². The van der Waals surface area contributed by atoms with Crippen LogP contribution in [0, 0.1) is 0 Å². The topological polar surface area (TPSA) is 30.2 Å². The maximum atomic E-state index is 12.1. The Bertz CT molecular complexity index is 528. The van der Waals surface area contributed by atoms with Gasteiger partial charge in [-0.25, -0.2) is 0 Å². The van der Waals surface area contributed by atoms with Crippen molar-refractivity contribution >= 4 is 49.0 Å². The molecule has 0 saturated heterocycles. The number of carbonyl (C=O) groups excluding carboxylic acids is 1. The fraction of sp³-hybridized carbons (Fsp3) is 0.182. The third-order valence-corrected chi connectivity index (χ3v) is 5.65. The molecule has 16 heavy (non-hydrogen) atoms. The van der Waals surface area contributed by atoms with Crippen LogP contribution in [0.1, 0.15) is 28.1 Å². The molecule has 0 aliphatic heterocycles. The quantitative estimate of drug-likeness (QED) is 0.742. The van der Waals surface area contributed by atoms with Crippen LogP contribution < -0.4 is 0 Å². The Morgan fingerprint density at radius 3 is 2.69 bits per heavy atom. The Labute approximate surface area is 114 Å². The molecule has 2 aromatic heterocycles. The average molecular weight is 364 g/mol. The molecule has 0 radical (unpaired) electrons. The maximum absolute atomic E-state index is 12.1. The van der Waals surface area contributed by atoms with Gasteiger partial charge in [0.2, 0.25) is 5.78 Å². The van der Waals surface area contributed by atoms with Gasteiger partial charge in [0.15, 0.2) is 5.76 Å². The molecule has 2 nitrogen and oxygen atoms in total. The highest BCUT2D eigenvalue weighted by Gasteiger charge is 2.19. The Kier molecular flexibility index (Phi) is 3.66. The smallest absolute Gasteiger partial charge is 0.239 e. The van der Waals surface area contributed by atoms with E-state index >= 15 is 0 Å². The molecule has 0 aromatic carbocycles. The first kappa shape index (κ1) is 12.1. The van der Waals surface area contributed by atoms with Gasteiger partial charge in [0, 0.05) is 16.3 Å². The molecule has 0 spiro atoms. The van der Waals surface area contributed by atoms with Crippen molar-refractivity contribution in [3.8, 4) is 0 Å². The molecule has 0 unspecified atom stereocenters. The zero-order chi connectivity index (χ0) is 11.7. The lowest BCUT2D eigenvalue weighted by atomic mass is 10.2. The molecule has 0 atom stereocenters. The van der Waals surface area contributed by atoms with Crippen LogP contribution in [0.4, 0.5) is 0 Å². The van der Waals surface area contributed by atoms with Crippen LogP contribution in [0.2, 0.25) is 0 Å². The number of carbonyl (C=O) groups is 1. The first-order valence-electron chi connectivity index (χ1n) is 4.69. The highest BCUT2D eigenvalue weighted by atomic mass is 79.9. The molecule has 0 bridgehead atoms. The Morgan fingerprint density at radius 2 is 2.19 bits per heavy atom. The van der Waals surface area contributed by atoms with E-state index < -0.39 is 0 Å². The standard InChI is InChI=1S/C11H8Br2O2S/c1-2-6-3-4-8(15-6)10(14)11-9(13)7(12)5-16-11/h3-5H,2H2,1H3. The first-order chi connectivity index (χ1) is 7.63. The summed E-state index contributed by atoms with van der Waals surface area (Å²) in [6.45, 7) is 1.99. The summed E-state index contributed by atoms with van der Waals surface area (Å²) < 4.78 is 7.11. The minimum absolute atomic E-state index is 0.0812. The minimum atomic E-state index is -0.0812. The fourth-order valence-electron chi connectivity index (χ4n) is 1.28. The molecule has 0 amide bonds. The SMILES string of the molecule is CCc1ccc(C(=O)c2scc(Br)c2Br)o1. The average Bonchev–Trinajstić information content (AvgIpc) is 2.87. The second kappa shape index (κ2) is 4.85. The van der Waals surface area contributed by atoms with Gasteiger partial charge in [0.1, 0.15) is 5.76 Å². The van der Waals surface area contributed by atoms with Crippen molar-refractivity contribution in [1.29, 1.82) is 0 Å². The van der Waals surface area contributed by atoms with Gasteiger partial charge in [0.25, 0.3) is 0 Å².